The molecule has 0 aliphatic rings. The second-order valence-electron chi connectivity index (χ2n) is 5.64. The Labute approximate surface area is 152 Å². The monoisotopic (exact) mass is 368 g/mol. The second-order valence-corrected chi connectivity index (χ2v) is 5.64. The van der Waals surface area contributed by atoms with Gasteiger partial charge in [0.25, 0.3) is 11.5 Å². The van der Waals surface area contributed by atoms with E-state index >= 15 is 0 Å². The van der Waals surface area contributed by atoms with Crippen LogP contribution in [0.15, 0.2) is 46.0 Å². The highest BCUT2D eigenvalue weighted by molar-refractivity contribution is 6.04. The van der Waals surface area contributed by atoms with E-state index in [0.29, 0.717) is 11.3 Å². The largest absolute Gasteiger partial charge is 0.462 e. The molecular weight excluding hydrogens is 352 g/mol. The van der Waals surface area contributed by atoms with E-state index in [4.69, 9.17) is 4.74 Å². The summed E-state index contributed by atoms with van der Waals surface area (Å²) in [5.41, 5.74) is -0.219. The van der Waals surface area contributed by atoms with Gasteiger partial charge in [0, 0.05) is 12.7 Å². The van der Waals surface area contributed by atoms with Crippen molar-refractivity contribution in [3.8, 4) is 0 Å². The summed E-state index contributed by atoms with van der Waals surface area (Å²) in [6.07, 6.45) is 0. The van der Waals surface area contributed by atoms with Crippen molar-refractivity contribution < 1.29 is 14.3 Å². The van der Waals surface area contributed by atoms with Crippen LogP contribution in [-0.4, -0.2) is 33.0 Å². The minimum Gasteiger partial charge on any atom is -0.462 e. The minimum absolute atomic E-state index is 0.0394. The van der Waals surface area contributed by atoms with Crippen molar-refractivity contribution in [2.75, 3.05) is 11.9 Å². The standard InChI is InChI=1S/C18H16N4O5/c1-3-27-17(25)10-4-6-11(7-5-10)19-16(24)13-9-8-12-14(20-13)22(2)18(26)21-15(12)23/h4-9H,3H2,1-2H3,(H,19,24)(H,21,23,26). The van der Waals surface area contributed by atoms with Crippen molar-refractivity contribution >= 4 is 28.6 Å². The van der Waals surface area contributed by atoms with Gasteiger partial charge < -0.3 is 10.1 Å². The number of fused-ring (bicyclic) bond motifs is 1. The van der Waals surface area contributed by atoms with Crippen molar-refractivity contribution in [3.05, 3.63) is 68.5 Å². The molecule has 2 N–H and O–H groups in total. The number of carbonyl (C=O) groups is 2. The normalized spacial score (nSPS) is 10.6. The third-order valence-electron chi connectivity index (χ3n) is 3.85. The maximum atomic E-state index is 12.4. The van der Waals surface area contributed by atoms with Crippen LogP contribution in [-0.2, 0) is 11.8 Å². The van der Waals surface area contributed by atoms with Crippen LogP contribution in [0, 0.1) is 0 Å². The molecular formula is C18H16N4O5. The molecule has 3 aromatic rings. The lowest BCUT2D eigenvalue weighted by Gasteiger charge is -2.08. The molecule has 0 radical (unpaired) electrons. The first kappa shape index (κ1) is 18.1. The molecule has 1 aromatic carbocycles. The van der Waals surface area contributed by atoms with Crippen LogP contribution >= 0.6 is 0 Å². The quantitative estimate of drug-likeness (QED) is 0.664. The molecule has 0 aliphatic carbocycles. The Hall–Kier alpha value is -3.75. The highest BCUT2D eigenvalue weighted by Crippen LogP contribution is 2.13. The van der Waals surface area contributed by atoms with Crippen molar-refractivity contribution in [3.63, 3.8) is 0 Å². The molecule has 0 bridgehead atoms. The lowest BCUT2D eigenvalue weighted by molar-refractivity contribution is 0.0526. The van der Waals surface area contributed by atoms with Gasteiger partial charge in [-0.15, -0.1) is 0 Å². The molecule has 3 rings (SSSR count). The van der Waals surface area contributed by atoms with Crippen LogP contribution in [0.3, 0.4) is 0 Å². The molecule has 1 amide bonds. The molecule has 0 aliphatic heterocycles. The molecule has 9 heteroatoms. The third-order valence-corrected chi connectivity index (χ3v) is 3.85. The number of carbonyl (C=O) groups excluding carboxylic acids is 2. The molecule has 2 aromatic heterocycles. The maximum Gasteiger partial charge on any atom is 0.338 e. The minimum atomic E-state index is -0.618. The number of hydrogen-bond donors (Lipinski definition) is 2. The second kappa shape index (κ2) is 7.24. The van der Waals surface area contributed by atoms with E-state index < -0.39 is 23.1 Å². The summed E-state index contributed by atoms with van der Waals surface area (Å²) in [6, 6.07) is 9.01. The summed E-state index contributed by atoms with van der Waals surface area (Å²) in [4.78, 5) is 53.8. The topological polar surface area (TPSA) is 123 Å². The fourth-order valence-electron chi connectivity index (χ4n) is 2.45. The summed E-state index contributed by atoms with van der Waals surface area (Å²) < 4.78 is 6.05. The Morgan fingerprint density at radius 1 is 1.15 bits per heavy atom. The molecule has 2 heterocycles. The van der Waals surface area contributed by atoms with Crippen molar-refractivity contribution in [2.24, 2.45) is 7.05 Å². The summed E-state index contributed by atoms with van der Waals surface area (Å²) in [7, 11) is 1.45. The Balaban J connectivity index is 1.86. The fraction of sp³-hybridized carbons (Fsp3) is 0.167. The number of pyridine rings is 1. The number of aromatic amines is 1. The van der Waals surface area contributed by atoms with Crippen molar-refractivity contribution in [1.29, 1.82) is 0 Å². The van der Waals surface area contributed by atoms with Crippen LogP contribution in [0.5, 0.6) is 0 Å². The highest BCUT2D eigenvalue weighted by atomic mass is 16.5. The van der Waals surface area contributed by atoms with Crippen LogP contribution < -0.4 is 16.6 Å². The molecule has 0 spiro atoms. The molecule has 0 unspecified atom stereocenters. The molecule has 0 fully saturated rings. The number of hydrogen-bond acceptors (Lipinski definition) is 6. The van der Waals surface area contributed by atoms with E-state index in [1.165, 1.54) is 31.3 Å². The number of esters is 1. The zero-order valence-corrected chi connectivity index (χ0v) is 14.6. The number of anilines is 1. The number of amides is 1. The van der Waals surface area contributed by atoms with Crippen LogP contribution in [0.1, 0.15) is 27.8 Å². The van der Waals surface area contributed by atoms with Gasteiger partial charge in [-0.3, -0.25) is 19.1 Å². The van der Waals surface area contributed by atoms with Gasteiger partial charge in [-0.25, -0.2) is 14.6 Å². The van der Waals surface area contributed by atoms with E-state index in [1.54, 1.807) is 19.1 Å². The Bertz CT molecular complexity index is 1150. The molecule has 9 nitrogen and oxygen atoms in total. The van der Waals surface area contributed by atoms with E-state index in [1.807, 2.05) is 0 Å². The Morgan fingerprint density at radius 3 is 2.52 bits per heavy atom. The lowest BCUT2D eigenvalue weighted by Crippen LogP contribution is -2.29. The number of nitrogens with zero attached hydrogens (tertiary/aromatic N) is 2. The zero-order valence-electron chi connectivity index (χ0n) is 14.6. The number of benzene rings is 1. The van der Waals surface area contributed by atoms with Crippen LogP contribution in [0.2, 0.25) is 0 Å². The van der Waals surface area contributed by atoms with Gasteiger partial charge in [-0.1, -0.05) is 0 Å². The third kappa shape index (κ3) is 3.61. The van der Waals surface area contributed by atoms with Gasteiger partial charge in [0.05, 0.1) is 17.6 Å². The van der Waals surface area contributed by atoms with Gasteiger partial charge in [0.2, 0.25) is 0 Å². The van der Waals surface area contributed by atoms with E-state index in [2.05, 4.69) is 15.3 Å². The molecule has 0 saturated carbocycles. The Kier molecular flexibility index (Phi) is 4.84. The first-order chi connectivity index (χ1) is 12.9. The zero-order chi connectivity index (χ0) is 19.6. The average molecular weight is 368 g/mol. The summed E-state index contributed by atoms with van der Waals surface area (Å²) in [5, 5.41) is 2.84. The number of aromatic nitrogens is 3. The van der Waals surface area contributed by atoms with Crippen LogP contribution in [0.25, 0.3) is 11.0 Å². The predicted octanol–water partition coefficient (Wildman–Crippen LogP) is 1.05. The molecule has 0 saturated heterocycles. The fourth-order valence-corrected chi connectivity index (χ4v) is 2.45. The highest BCUT2D eigenvalue weighted by Gasteiger charge is 2.13. The van der Waals surface area contributed by atoms with E-state index in [9.17, 15) is 19.2 Å². The van der Waals surface area contributed by atoms with Gasteiger partial charge in [0.15, 0.2) is 0 Å². The van der Waals surface area contributed by atoms with Crippen molar-refractivity contribution in [1.82, 2.24) is 14.5 Å². The summed E-state index contributed by atoms with van der Waals surface area (Å²) >= 11 is 0. The molecule has 138 valence electrons. The predicted molar refractivity (Wildman–Crippen MR) is 98.0 cm³/mol. The summed E-state index contributed by atoms with van der Waals surface area (Å²) in [6.45, 7) is 1.99. The summed E-state index contributed by atoms with van der Waals surface area (Å²) in [5.74, 6) is -0.966. The SMILES string of the molecule is CCOC(=O)c1ccc(NC(=O)c2ccc3c(=O)[nH]c(=O)n(C)c3n2)cc1. The molecule has 27 heavy (non-hydrogen) atoms. The molecule has 0 atom stereocenters. The number of aryl methyl sites for hydroxylation is 1. The van der Waals surface area contributed by atoms with Crippen molar-refractivity contribution in [2.45, 2.75) is 6.92 Å². The lowest BCUT2D eigenvalue weighted by atomic mass is 10.2. The van der Waals surface area contributed by atoms with Gasteiger partial charge in [0.1, 0.15) is 11.3 Å². The first-order valence-corrected chi connectivity index (χ1v) is 8.09. The van der Waals surface area contributed by atoms with E-state index in [-0.39, 0.29) is 23.3 Å². The number of rotatable bonds is 4. The number of ether oxygens (including phenoxy) is 1. The van der Waals surface area contributed by atoms with Crippen LogP contribution in [0.4, 0.5) is 5.69 Å². The van der Waals surface area contributed by atoms with E-state index in [0.717, 1.165) is 4.57 Å². The van der Waals surface area contributed by atoms with Gasteiger partial charge in [-0.2, -0.15) is 0 Å². The average Bonchev–Trinajstić information content (AvgIpc) is 2.66. The maximum absolute atomic E-state index is 12.4. The smallest absolute Gasteiger partial charge is 0.338 e. The first-order valence-electron chi connectivity index (χ1n) is 8.09. The van der Waals surface area contributed by atoms with Gasteiger partial charge in [-0.05, 0) is 43.3 Å². The Morgan fingerprint density at radius 2 is 1.85 bits per heavy atom. The van der Waals surface area contributed by atoms with Gasteiger partial charge >= 0.3 is 11.7 Å². The number of nitrogens with one attached hydrogen (secondary N) is 2. The number of H-pyrrole nitrogens is 1.